The molecule has 0 bridgehead atoms. The second-order valence-corrected chi connectivity index (χ2v) is 7.63. The summed E-state index contributed by atoms with van der Waals surface area (Å²) in [5.41, 5.74) is 2.27. The zero-order valence-electron chi connectivity index (χ0n) is 13.4. The monoisotopic (exact) mass is 275 g/mol. The van der Waals surface area contributed by atoms with Gasteiger partial charge in [-0.1, -0.05) is 20.3 Å². The third kappa shape index (κ3) is 2.93. The zero-order chi connectivity index (χ0) is 14.2. The molecule has 1 aromatic heterocycles. The summed E-state index contributed by atoms with van der Waals surface area (Å²) in [7, 11) is 0. The molecule has 0 unspecified atom stereocenters. The largest absolute Gasteiger partial charge is 0.303 e. The molecule has 1 aliphatic heterocycles. The lowest BCUT2D eigenvalue weighted by Gasteiger charge is -2.40. The van der Waals surface area contributed by atoms with Gasteiger partial charge in [-0.25, -0.2) is 0 Å². The molecule has 112 valence electrons. The molecule has 1 saturated carbocycles. The highest BCUT2D eigenvalue weighted by molar-refractivity contribution is 5.06. The highest BCUT2D eigenvalue weighted by Gasteiger charge is 2.41. The van der Waals surface area contributed by atoms with Crippen molar-refractivity contribution < 1.29 is 0 Å². The molecule has 3 nitrogen and oxygen atoms in total. The lowest BCUT2D eigenvalue weighted by molar-refractivity contribution is 0.0994. The number of aromatic nitrogens is 2. The van der Waals surface area contributed by atoms with Gasteiger partial charge in [0.25, 0.3) is 0 Å². The predicted molar refractivity (Wildman–Crippen MR) is 82.9 cm³/mol. The van der Waals surface area contributed by atoms with Crippen LogP contribution in [0.4, 0.5) is 0 Å². The van der Waals surface area contributed by atoms with Crippen LogP contribution in [0.3, 0.4) is 0 Å². The van der Waals surface area contributed by atoms with Gasteiger partial charge >= 0.3 is 0 Å². The quantitative estimate of drug-likeness (QED) is 0.820. The summed E-state index contributed by atoms with van der Waals surface area (Å²) < 4.78 is 2.24. The molecule has 0 atom stereocenters. The van der Waals surface area contributed by atoms with E-state index >= 15 is 0 Å². The number of rotatable bonds is 5. The molecule has 0 amide bonds. The van der Waals surface area contributed by atoms with E-state index in [4.69, 9.17) is 0 Å². The van der Waals surface area contributed by atoms with E-state index in [2.05, 4.69) is 47.8 Å². The minimum atomic E-state index is 0.229. The molecule has 1 aromatic rings. The first-order valence-electron chi connectivity index (χ1n) is 8.29. The molecule has 3 rings (SSSR count). The van der Waals surface area contributed by atoms with E-state index in [1.165, 1.54) is 57.3 Å². The third-order valence-corrected chi connectivity index (χ3v) is 5.37. The molecule has 0 spiro atoms. The fourth-order valence-corrected chi connectivity index (χ4v) is 3.41. The second kappa shape index (κ2) is 5.18. The number of aryl methyl sites for hydroxylation is 1. The first kappa shape index (κ1) is 14.1. The number of likely N-dealkylation sites (tertiary alicyclic amines) is 1. The second-order valence-electron chi connectivity index (χ2n) is 7.63. The van der Waals surface area contributed by atoms with Gasteiger partial charge in [0.1, 0.15) is 0 Å². The van der Waals surface area contributed by atoms with Gasteiger partial charge in [-0.3, -0.25) is 4.68 Å². The van der Waals surface area contributed by atoms with Crippen molar-refractivity contribution in [2.24, 2.45) is 5.41 Å². The molecule has 3 heteroatoms. The van der Waals surface area contributed by atoms with Crippen molar-refractivity contribution in [3.05, 3.63) is 18.0 Å². The Bertz CT molecular complexity index is 451. The Labute approximate surface area is 123 Å². The Hall–Kier alpha value is -0.830. The Balaban J connectivity index is 1.59. The number of nitrogens with zero attached hydrogens (tertiary/aromatic N) is 3. The maximum absolute atomic E-state index is 4.64. The Morgan fingerprint density at radius 3 is 2.45 bits per heavy atom. The van der Waals surface area contributed by atoms with Crippen molar-refractivity contribution in [3.8, 4) is 0 Å². The van der Waals surface area contributed by atoms with Crippen molar-refractivity contribution in [2.45, 2.75) is 64.8 Å². The molecular formula is C17H29N3. The summed E-state index contributed by atoms with van der Waals surface area (Å²) in [6, 6.07) is 0. The summed E-state index contributed by atoms with van der Waals surface area (Å²) >= 11 is 0. The Morgan fingerprint density at radius 2 is 1.85 bits per heavy atom. The van der Waals surface area contributed by atoms with E-state index in [9.17, 15) is 0 Å². The fraction of sp³-hybridized carbons (Fsp3) is 0.824. The maximum atomic E-state index is 4.64. The van der Waals surface area contributed by atoms with Gasteiger partial charge in [-0.2, -0.15) is 5.10 Å². The average molecular weight is 275 g/mol. The molecule has 0 aromatic carbocycles. The molecule has 2 heterocycles. The van der Waals surface area contributed by atoms with Crippen LogP contribution in [-0.2, 0) is 12.0 Å². The summed E-state index contributed by atoms with van der Waals surface area (Å²) in [6.45, 7) is 10.8. The van der Waals surface area contributed by atoms with Crippen molar-refractivity contribution >= 4 is 0 Å². The minimum Gasteiger partial charge on any atom is -0.303 e. The topological polar surface area (TPSA) is 21.1 Å². The maximum Gasteiger partial charge on any atom is 0.0624 e. The van der Waals surface area contributed by atoms with Gasteiger partial charge in [0, 0.05) is 25.8 Å². The highest BCUT2D eigenvalue weighted by atomic mass is 15.3. The first-order valence-corrected chi connectivity index (χ1v) is 8.29. The van der Waals surface area contributed by atoms with Gasteiger partial charge in [0.2, 0.25) is 0 Å². The van der Waals surface area contributed by atoms with Crippen LogP contribution in [-0.4, -0.2) is 34.3 Å². The molecule has 0 radical (unpaired) electrons. The molecular weight excluding hydrogens is 246 g/mol. The Kier molecular flexibility index (Phi) is 3.65. The SMILES string of the molecule is CCCc1cnn(C2(C)CCN(CC3(C)CC3)CC2)c1. The summed E-state index contributed by atoms with van der Waals surface area (Å²) in [5, 5.41) is 4.64. The van der Waals surface area contributed by atoms with Crippen molar-refractivity contribution in [2.75, 3.05) is 19.6 Å². The van der Waals surface area contributed by atoms with Crippen LogP contribution in [0.2, 0.25) is 0 Å². The predicted octanol–water partition coefficient (Wildman–Crippen LogP) is 3.45. The summed E-state index contributed by atoms with van der Waals surface area (Å²) in [6.07, 6.45) is 12.0. The van der Waals surface area contributed by atoms with Gasteiger partial charge < -0.3 is 4.90 Å². The summed E-state index contributed by atoms with van der Waals surface area (Å²) in [5.74, 6) is 0. The van der Waals surface area contributed by atoms with E-state index in [0.717, 1.165) is 6.42 Å². The summed E-state index contributed by atoms with van der Waals surface area (Å²) in [4.78, 5) is 2.67. The molecule has 2 aliphatic rings. The van der Waals surface area contributed by atoms with Crippen LogP contribution in [0.15, 0.2) is 12.4 Å². The van der Waals surface area contributed by atoms with E-state index in [1.807, 2.05) is 0 Å². The average Bonchev–Trinajstić information content (AvgIpc) is 2.95. The third-order valence-electron chi connectivity index (χ3n) is 5.37. The number of piperidine rings is 1. The first-order chi connectivity index (χ1) is 9.53. The number of hydrogen-bond donors (Lipinski definition) is 0. The van der Waals surface area contributed by atoms with Crippen molar-refractivity contribution in [1.29, 1.82) is 0 Å². The molecule has 20 heavy (non-hydrogen) atoms. The molecule has 2 fully saturated rings. The van der Waals surface area contributed by atoms with E-state index in [0.29, 0.717) is 5.41 Å². The standard InChI is InChI=1S/C17H29N3/c1-4-5-15-12-18-20(13-15)17(3)8-10-19(11-9-17)14-16(2)6-7-16/h12-13H,4-11,14H2,1-3H3. The van der Waals surface area contributed by atoms with Crippen LogP contribution in [0.1, 0.15) is 58.4 Å². The smallest absolute Gasteiger partial charge is 0.0624 e. The molecule has 1 aliphatic carbocycles. The van der Waals surface area contributed by atoms with Crippen molar-refractivity contribution in [1.82, 2.24) is 14.7 Å². The fourth-order valence-electron chi connectivity index (χ4n) is 3.41. The lowest BCUT2D eigenvalue weighted by Crippen LogP contribution is -2.46. The van der Waals surface area contributed by atoms with Gasteiger partial charge in [-0.15, -0.1) is 0 Å². The van der Waals surface area contributed by atoms with Crippen molar-refractivity contribution in [3.63, 3.8) is 0 Å². The van der Waals surface area contributed by atoms with E-state index in [1.54, 1.807) is 0 Å². The van der Waals surface area contributed by atoms with Gasteiger partial charge in [0.05, 0.1) is 11.7 Å². The van der Waals surface area contributed by atoms with Crippen LogP contribution in [0.5, 0.6) is 0 Å². The highest BCUT2D eigenvalue weighted by Crippen LogP contribution is 2.46. The van der Waals surface area contributed by atoms with Crippen LogP contribution in [0.25, 0.3) is 0 Å². The minimum absolute atomic E-state index is 0.229. The number of hydrogen-bond acceptors (Lipinski definition) is 2. The molecule has 1 saturated heterocycles. The Morgan fingerprint density at radius 1 is 1.15 bits per heavy atom. The van der Waals surface area contributed by atoms with Crippen LogP contribution in [0, 0.1) is 5.41 Å². The van der Waals surface area contributed by atoms with Gasteiger partial charge in [0.15, 0.2) is 0 Å². The van der Waals surface area contributed by atoms with Gasteiger partial charge in [-0.05, 0) is 50.0 Å². The zero-order valence-corrected chi connectivity index (χ0v) is 13.4. The van der Waals surface area contributed by atoms with Crippen LogP contribution < -0.4 is 0 Å². The lowest BCUT2D eigenvalue weighted by atomic mass is 9.89. The van der Waals surface area contributed by atoms with E-state index < -0.39 is 0 Å². The molecule has 0 N–H and O–H groups in total. The van der Waals surface area contributed by atoms with E-state index in [-0.39, 0.29) is 5.54 Å². The van der Waals surface area contributed by atoms with Crippen LogP contribution >= 0.6 is 0 Å². The normalized spacial score (nSPS) is 24.8.